The van der Waals surface area contributed by atoms with Gasteiger partial charge in [0.2, 0.25) is 0 Å². The molecule has 1 atom stereocenters. The van der Waals surface area contributed by atoms with Crippen LogP contribution in [-0.4, -0.2) is 74.1 Å². The molecule has 2 aromatic rings. The van der Waals surface area contributed by atoms with E-state index in [2.05, 4.69) is 10.4 Å². The van der Waals surface area contributed by atoms with Crippen LogP contribution in [-0.2, 0) is 9.53 Å². The second-order valence-corrected chi connectivity index (χ2v) is 9.72. The third kappa shape index (κ3) is 7.19. The van der Waals surface area contributed by atoms with Crippen LogP contribution in [0.5, 0.6) is 11.5 Å². The molecule has 0 unspecified atom stereocenters. The molecule has 0 aliphatic carbocycles. The van der Waals surface area contributed by atoms with Crippen molar-refractivity contribution in [2.24, 2.45) is 5.10 Å². The molecule has 1 aliphatic rings. The summed E-state index contributed by atoms with van der Waals surface area (Å²) < 4.78 is 29.5. The van der Waals surface area contributed by atoms with Crippen LogP contribution in [0.1, 0.15) is 44.4 Å². The van der Waals surface area contributed by atoms with Gasteiger partial charge in [0.1, 0.15) is 12.4 Å². The van der Waals surface area contributed by atoms with Crippen LogP contribution in [0.15, 0.2) is 47.6 Å². The first-order chi connectivity index (χ1) is 17.6. The van der Waals surface area contributed by atoms with E-state index in [9.17, 15) is 14.0 Å². The lowest BCUT2D eigenvalue weighted by Gasteiger charge is -2.30. The molecule has 0 saturated carbocycles. The molecule has 0 radical (unpaired) electrons. The number of benzene rings is 2. The number of carbonyl (C=O) groups is 2. The maximum atomic E-state index is 13.6. The lowest BCUT2D eigenvalue weighted by Crippen LogP contribution is -2.52. The van der Waals surface area contributed by atoms with Gasteiger partial charge in [-0.3, -0.25) is 4.79 Å². The van der Waals surface area contributed by atoms with Gasteiger partial charge in [-0.25, -0.2) is 14.2 Å². The number of ether oxygens (including phenoxy) is 3. The van der Waals surface area contributed by atoms with Gasteiger partial charge in [0.15, 0.2) is 11.5 Å². The van der Waals surface area contributed by atoms with E-state index in [0.29, 0.717) is 29.2 Å². The number of urea groups is 1. The minimum Gasteiger partial charge on any atom is -0.493 e. The highest BCUT2D eigenvalue weighted by atomic mass is 19.1. The standard InChI is InChI=1S/C27H35FN4O5/c1-27(2,3)29-26(34)31(13-14-35-4)17-25(33)32-22(19-9-12-23(36-5)24(15-19)37-6)16-21(30-32)18-7-10-20(28)11-8-18/h7-12,15,22H,13-14,16-17H2,1-6H3,(H,29,34)/t22-/m1/s1. The summed E-state index contributed by atoms with van der Waals surface area (Å²) in [5.74, 6) is 0.364. The van der Waals surface area contributed by atoms with Crippen molar-refractivity contribution < 1.29 is 28.2 Å². The fraction of sp³-hybridized carbons (Fsp3) is 0.444. The number of amides is 3. The highest BCUT2D eigenvalue weighted by molar-refractivity contribution is 6.03. The molecule has 37 heavy (non-hydrogen) atoms. The first kappa shape index (κ1) is 27.9. The van der Waals surface area contributed by atoms with E-state index in [0.717, 1.165) is 5.56 Å². The minimum atomic E-state index is -0.477. The summed E-state index contributed by atoms with van der Waals surface area (Å²) in [5, 5.41) is 8.91. The Hall–Kier alpha value is -3.66. The molecule has 0 fully saturated rings. The topological polar surface area (TPSA) is 92.7 Å². The Morgan fingerprint density at radius 1 is 1.08 bits per heavy atom. The van der Waals surface area contributed by atoms with Crippen LogP contribution in [0, 0.1) is 5.82 Å². The Labute approximate surface area is 217 Å². The minimum absolute atomic E-state index is 0.199. The largest absolute Gasteiger partial charge is 0.493 e. The van der Waals surface area contributed by atoms with Gasteiger partial charge in [-0.1, -0.05) is 18.2 Å². The van der Waals surface area contributed by atoms with Crippen molar-refractivity contribution in [3.05, 3.63) is 59.4 Å². The SMILES string of the molecule is COCCN(CC(=O)N1N=C(c2ccc(F)cc2)C[C@@H]1c1ccc(OC)c(OC)c1)C(=O)NC(C)(C)C. The van der Waals surface area contributed by atoms with Crippen LogP contribution in [0.2, 0.25) is 0 Å². The van der Waals surface area contributed by atoms with Crippen molar-refractivity contribution in [2.45, 2.75) is 38.8 Å². The number of hydrogen-bond acceptors (Lipinski definition) is 6. The molecule has 9 nitrogen and oxygen atoms in total. The lowest BCUT2D eigenvalue weighted by atomic mass is 9.98. The first-order valence-electron chi connectivity index (χ1n) is 12.0. The Morgan fingerprint density at radius 3 is 2.35 bits per heavy atom. The number of nitrogens with one attached hydrogen (secondary N) is 1. The molecule has 1 N–H and O–H groups in total. The van der Waals surface area contributed by atoms with Crippen molar-refractivity contribution in [1.82, 2.24) is 15.2 Å². The summed E-state index contributed by atoms with van der Waals surface area (Å²) in [4.78, 5) is 28.0. The van der Waals surface area contributed by atoms with E-state index in [4.69, 9.17) is 14.2 Å². The molecule has 0 bridgehead atoms. The van der Waals surface area contributed by atoms with Gasteiger partial charge in [-0.2, -0.15) is 5.10 Å². The van der Waals surface area contributed by atoms with Gasteiger partial charge in [-0.05, 0) is 56.2 Å². The first-order valence-corrected chi connectivity index (χ1v) is 12.0. The Balaban J connectivity index is 1.94. The van der Waals surface area contributed by atoms with E-state index in [1.807, 2.05) is 32.9 Å². The number of hydrazone groups is 1. The third-order valence-corrected chi connectivity index (χ3v) is 5.80. The highest BCUT2D eigenvalue weighted by Crippen LogP contribution is 2.37. The summed E-state index contributed by atoms with van der Waals surface area (Å²) in [6.45, 7) is 5.91. The number of nitrogens with zero attached hydrogens (tertiary/aromatic N) is 3. The van der Waals surface area contributed by atoms with Gasteiger partial charge in [0, 0.05) is 25.6 Å². The molecule has 2 aromatic carbocycles. The predicted octanol–water partition coefficient (Wildman–Crippen LogP) is 3.98. The van der Waals surface area contributed by atoms with Gasteiger partial charge >= 0.3 is 6.03 Å². The van der Waals surface area contributed by atoms with Crippen LogP contribution >= 0.6 is 0 Å². The average molecular weight is 515 g/mol. The molecule has 10 heteroatoms. The van der Waals surface area contributed by atoms with E-state index < -0.39 is 11.6 Å². The van der Waals surface area contributed by atoms with E-state index in [1.54, 1.807) is 32.4 Å². The fourth-order valence-electron chi connectivity index (χ4n) is 3.97. The van der Waals surface area contributed by atoms with Crippen molar-refractivity contribution >= 4 is 17.6 Å². The van der Waals surface area contributed by atoms with Crippen molar-refractivity contribution in [1.29, 1.82) is 0 Å². The molecule has 3 amide bonds. The van der Waals surface area contributed by atoms with Crippen LogP contribution < -0.4 is 14.8 Å². The summed E-state index contributed by atoms with van der Waals surface area (Å²) in [6, 6.07) is 10.6. The summed E-state index contributed by atoms with van der Waals surface area (Å²) in [6.07, 6.45) is 0.402. The zero-order valence-corrected chi connectivity index (χ0v) is 22.2. The van der Waals surface area contributed by atoms with Crippen molar-refractivity contribution in [3.8, 4) is 11.5 Å². The number of methoxy groups -OCH3 is 3. The van der Waals surface area contributed by atoms with Crippen LogP contribution in [0.4, 0.5) is 9.18 Å². The normalized spacial score (nSPS) is 15.3. The molecular weight excluding hydrogens is 479 g/mol. The third-order valence-electron chi connectivity index (χ3n) is 5.80. The monoisotopic (exact) mass is 514 g/mol. The quantitative estimate of drug-likeness (QED) is 0.547. The summed E-state index contributed by atoms with van der Waals surface area (Å²) >= 11 is 0. The Kier molecular flexibility index (Phi) is 9.09. The fourth-order valence-corrected chi connectivity index (χ4v) is 3.97. The molecule has 3 rings (SSSR count). The van der Waals surface area contributed by atoms with E-state index in [-0.39, 0.29) is 37.5 Å². The molecule has 1 aliphatic heterocycles. The number of carbonyl (C=O) groups excluding carboxylic acids is 2. The van der Waals surface area contributed by atoms with Crippen LogP contribution in [0.3, 0.4) is 0 Å². The molecular formula is C27H35FN4O5. The Bertz CT molecular complexity index is 1130. The number of hydrogen-bond donors (Lipinski definition) is 1. The smallest absolute Gasteiger partial charge is 0.318 e. The molecule has 0 aromatic heterocycles. The maximum Gasteiger partial charge on any atom is 0.318 e. The molecule has 0 saturated heterocycles. The predicted molar refractivity (Wildman–Crippen MR) is 138 cm³/mol. The molecule has 200 valence electrons. The second-order valence-electron chi connectivity index (χ2n) is 9.72. The van der Waals surface area contributed by atoms with E-state index in [1.165, 1.54) is 29.2 Å². The summed E-state index contributed by atoms with van der Waals surface area (Å²) in [5.41, 5.74) is 1.66. The number of halogens is 1. The maximum absolute atomic E-state index is 13.6. The molecule has 0 spiro atoms. The van der Waals surface area contributed by atoms with Crippen LogP contribution in [0.25, 0.3) is 0 Å². The van der Waals surface area contributed by atoms with Gasteiger partial charge in [-0.15, -0.1) is 0 Å². The number of rotatable bonds is 9. The van der Waals surface area contributed by atoms with E-state index >= 15 is 0 Å². The lowest BCUT2D eigenvalue weighted by molar-refractivity contribution is -0.133. The Morgan fingerprint density at radius 2 is 1.76 bits per heavy atom. The zero-order valence-electron chi connectivity index (χ0n) is 22.2. The van der Waals surface area contributed by atoms with Crippen molar-refractivity contribution in [2.75, 3.05) is 41.0 Å². The van der Waals surface area contributed by atoms with Crippen molar-refractivity contribution in [3.63, 3.8) is 0 Å². The second kappa shape index (κ2) is 12.1. The average Bonchev–Trinajstić information content (AvgIpc) is 3.31. The van der Waals surface area contributed by atoms with Gasteiger partial charge < -0.3 is 24.4 Å². The molecule has 1 heterocycles. The van der Waals surface area contributed by atoms with Gasteiger partial charge in [0.05, 0.1) is 32.6 Å². The zero-order chi connectivity index (χ0) is 27.2. The highest BCUT2D eigenvalue weighted by Gasteiger charge is 2.35. The summed E-state index contributed by atoms with van der Waals surface area (Å²) in [7, 11) is 4.63. The van der Waals surface area contributed by atoms with Gasteiger partial charge in [0.25, 0.3) is 5.91 Å².